The largest absolute Gasteiger partial charge is 0.476 e. The summed E-state index contributed by atoms with van der Waals surface area (Å²) in [6.45, 7) is 0. The Morgan fingerprint density at radius 1 is 1.37 bits per heavy atom. The number of pyridine rings is 1. The Labute approximate surface area is 108 Å². The monoisotopic (exact) mass is 290 g/mol. The molecule has 1 N–H and O–H groups in total. The number of halogens is 3. The molecule has 0 aromatic carbocycles. The summed E-state index contributed by atoms with van der Waals surface area (Å²) >= 11 is 0.826. The number of hydrogen-bond acceptors (Lipinski definition) is 5. The average molecular weight is 290 g/mol. The van der Waals surface area contributed by atoms with Crippen LogP contribution in [-0.2, 0) is 6.18 Å². The number of rotatable bonds is 3. The Morgan fingerprint density at radius 3 is 2.58 bits per heavy atom. The van der Waals surface area contributed by atoms with Crippen LogP contribution >= 0.6 is 11.8 Å². The molecule has 0 bridgehead atoms. The van der Waals surface area contributed by atoms with Crippen molar-refractivity contribution in [3.8, 4) is 0 Å². The maximum atomic E-state index is 12.3. The maximum absolute atomic E-state index is 12.3. The van der Waals surface area contributed by atoms with Gasteiger partial charge in [0.05, 0.1) is 5.56 Å². The van der Waals surface area contributed by atoms with Crippen molar-refractivity contribution in [2.45, 2.75) is 16.4 Å². The smallest absolute Gasteiger partial charge is 0.417 e. The molecule has 2 heterocycles. The fourth-order valence-corrected chi connectivity index (χ4v) is 1.76. The van der Waals surface area contributed by atoms with Gasteiger partial charge in [-0.15, -0.1) is 0 Å². The standard InChI is InChI=1S/C10H5F3N2O3S/c11-10(12,13)5-1-2-7(14-3-5)19-9-15-6(4-18-9)8(16)17/h1-4H,(H,16,17). The first-order chi connectivity index (χ1) is 8.86. The zero-order valence-corrected chi connectivity index (χ0v) is 9.83. The lowest BCUT2D eigenvalue weighted by Crippen LogP contribution is -2.05. The molecule has 0 aliphatic heterocycles. The summed E-state index contributed by atoms with van der Waals surface area (Å²) in [4.78, 5) is 17.8. The molecule has 5 nitrogen and oxygen atoms in total. The first-order valence-corrected chi connectivity index (χ1v) is 5.58. The molecule has 0 atom stereocenters. The lowest BCUT2D eigenvalue weighted by Gasteiger charge is -2.05. The Kier molecular flexibility index (Phi) is 3.47. The van der Waals surface area contributed by atoms with Crippen molar-refractivity contribution in [3.05, 3.63) is 35.9 Å². The third kappa shape index (κ3) is 3.25. The lowest BCUT2D eigenvalue weighted by molar-refractivity contribution is -0.137. The molecule has 0 saturated carbocycles. The van der Waals surface area contributed by atoms with E-state index in [0.29, 0.717) is 6.20 Å². The molecule has 2 aromatic heterocycles. The van der Waals surface area contributed by atoms with Gasteiger partial charge in [-0.05, 0) is 23.9 Å². The van der Waals surface area contributed by atoms with Gasteiger partial charge < -0.3 is 9.52 Å². The summed E-state index contributed by atoms with van der Waals surface area (Å²) in [5.74, 6) is -1.25. The van der Waals surface area contributed by atoms with Gasteiger partial charge in [-0.1, -0.05) is 0 Å². The number of hydrogen-bond donors (Lipinski definition) is 1. The highest BCUT2D eigenvalue weighted by Crippen LogP contribution is 2.31. The molecule has 0 aliphatic carbocycles. The average Bonchev–Trinajstić information content (AvgIpc) is 2.77. The van der Waals surface area contributed by atoms with E-state index >= 15 is 0 Å². The molecule has 0 unspecified atom stereocenters. The molecule has 0 spiro atoms. The van der Waals surface area contributed by atoms with Gasteiger partial charge in [0.2, 0.25) is 0 Å². The Balaban J connectivity index is 2.13. The Hall–Kier alpha value is -2.03. The Morgan fingerprint density at radius 2 is 2.11 bits per heavy atom. The van der Waals surface area contributed by atoms with Gasteiger partial charge in [-0.2, -0.15) is 18.2 Å². The van der Waals surface area contributed by atoms with Gasteiger partial charge in [-0.25, -0.2) is 9.78 Å². The van der Waals surface area contributed by atoms with E-state index in [1.54, 1.807) is 0 Å². The predicted molar refractivity (Wildman–Crippen MR) is 56.8 cm³/mol. The zero-order valence-electron chi connectivity index (χ0n) is 9.01. The SMILES string of the molecule is O=C(O)c1coc(Sc2ccc(C(F)(F)F)cn2)n1. The van der Waals surface area contributed by atoms with Crippen LogP contribution in [0.4, 0.5) is 13.2 Å². The minimum atomic E-state index is -4.45. The van der Waals surface area contributed by atoms with Crippen LogP contribution in [0, 0.1) is 0 Å². The molecule has 19 heavy (non-hydrogen) atoms. The van der Waals surface area contributed by atoms with Gasteiger partial charge in [-0.3, -0.25) is 0 Å². The number of oxazole rings is 1. The van der Waals surface area contributed by atoms with E-state index < -0.39 is 17.7 Å². The summed E-state index contributed by atoms with van der Waals surface area (Å²) in [5, 5.41) is 8.82. The summed E-state index contributed by atoms with van der Waals surface area (Å²) in [5.41, 5.74) is -1.15. The molecule has 0 amide bonds. The number of aromatic carboxylic acids is 1. The van der Waals surface area contributed by atoms with Crippen molar-refractivity contribution < 1.29 is 27.5 Å². The number of carboxylic acids is 1. The van der Waals surface area contributed by atoms with E-state index in [1.165, 1.54) is 0 Å². The number of carbonyl (C=O) groups is 1. The molecule has 0 aliphatic rings. The van der Waals surface area contributed by atoms with E-state index in [4.69, 9.17) is 9.52 Å². The topological polar surface area (TPSA) is 76.2 Å². The lowest BCUT2D eigenvalue weighted by atomic mass is 10.3. The highest BCUT2D eigenvalue weighted by molar-refractivity contribution is 7.99. The molecule has 0 fully saturated rings. The summed E-state index contributed by atoms with van der Waals surface area (Å²) in [7, 11) is 0. The first kappa shape index (κ1) is 13.4. The van der Waals surface area contributed by atoms with E-state index in [0.717, 1.165) is 30.2 Å². The molecule has 0 radical (unpaired) electrons. The second-order valence-electron chi connectivity index (χ2n) is 3.29. The minimum absolute atomic E-state index is 0.00958. The second kappa shape index (κ2) is 4.92. The zero-order chi connectivity index (χ0) is 14.0. The van der Waals surface area contributed by atoms with Crippen LogP contribution in [0.1, 0.15) is 16.1 Å². The number of aromatic nitrogens is 2. The van der Waals surface area contributed by atoms with E-state index in [1.807, 2.05) is 0 Å². The van der Waals surface area contributed by atoms with Gasteiger partial charge in [0.25, 0.3) is 5.22 Å². The van der Waals surface area contributed by atoms with E-state index in [9.17, 15) is 18.0 Å². The fraction of sp³-hybridized carbons (Fsp3) is 0.100. The highest BCUT2D eigenvalue weighted by Gasteiger charge is 2.30. The second-order valence-corrected chi connectivity index (χ2v) is 4.26. The van der Waals surface area contributed by atoms with Crippen LogP contribution in [-0.4, -0.2) is 21.0 Å². The van der Waals surface area contributed by atoms with Crippen LogP contribution in [0.2, 0.25) is 0 Å². The molecular weight excluding hydrogens is 285 g/mol. The minimum Gasteiger partial charge on any atom is -0.476 e. The number of nitrogens with zero attached hydrogens (tertiary/aromatic N) is 2. The molecule has 2 rings (SSSR count). The van der Waals surface area contributed by atoms with Crippen LogP contribution in [0.15, 0.2) is 39.3 Å². The molecule has 2 aromatic rings. The quantitative estimate of drug-likeness (QED) is 0.936. The van der Waals surface area contributed by atoms with Crippen molar-refractivity contribution in [3.63, 3.8) is 0 Å². The van der Waals surface area contributed by atoms with Crippen molar-refractivity contribution in [1.29, 1.82) is 0 Å². The van der Waals surface area contributed by atoms with Crippen LogP contribution < -0.4 is 0 Å². The van der Waals surface area contributed by atoms with Crippen LogP contribution in [0.3, 0.4) is 0 Å². The van der Waals surface area contributed by atoms with Gasteiger partial charge in [0, 0.05) is 6.20 Å². The molecular formula is C10H5F3N2O3S. The number of alkyl halides is 3. The summed E-state index contributed by atoms with van der Waals surface area (Å²) in [6, 6.07) is 2.02. The van der Waals surface area contributed by atoms with E-state index in [2.05, 4.69) is 9.97 Å². The van der Waals surface area contributed by atoms with Crippen molar-refractivity contribution in [1.82, 2.24) is 9.97 Å². The van der Waals surface area contributed by atoms with E-state index in [-0.39, 0.29) is 15.9 Å². The fourth-order valence-electron chi connectivity index (χ4n) is 1.10. The number of carboxylic acid groups (broad SMARTS) is 1. The Bertz CT molecular complexity index is 595. The third-order valence-electron chi connectivity index (χ3n) is 1.96. The van der Waals surface area contributed by atoms with Crippen LogP contribution in [0.25, 0.3) is 0 Å². The first-order valence-electron chi connectivity index (χ1n) is 4.76. The van der Waals surface area contributed by atoms with Gasteiger partial charge in [0.15, 0.2) is 5.69 Å². The normalized spacial score (nSPS) is 11.5. The van der Waals surface area contributed by atoms with Crippen molar-refractivity contribution in [2.24, 2.45) is 0 Å². The van der Waals surface area contributed by atoms with Crippen molar-refractivity contribution >= 4 is 17.7 Å². The summed E-state index contributed by atoms with van der Waals surface area (Å²) in [6.07, 6.45) is -2.83. The van der Waals surface area contributed by atoms with Crippen molar-refractivity contribution in [2.75, 3.05) is 0 Å². The molecule has 100 valence electrons. The maximum Gasteiger partial charge on any atom is 0.417 e. The molecule has 9 heteroatoms. The predicted octanol–water partition coefficient (Wildman–Crippen LogP) is 2.94. The summed E-state index contributed by atoms with van der Waals surface area (Å²) < 4.78 is 41.7. The van der Waals surface area contributed by atoms with Crippen LogP contribution in [0.5, 0.6) is 0 Å². The highest BCUT2D eigenvalue weighted by atomic mass is 32.2. The van der Waals surface area contributed by atoms with Gasteiger partial charge in [0.1, 0.15) is 11.3 Å². The van der Waals surface area contributed by atoms with Gasteiger partial charge >= 0.3 is 12.1 Å². The third-order valence-corrected chi connectivity index (χ3v) is 2.77. The molecule has 0 saturated heterocycles.